The summed E-state index contributed by atoms with van der Waals surface area (Å²) >= 11 is 1.47. The number of amides is 3. The molecule has 154 valence electrons. The molecule has 0 radical (unpaired) electrons. The molecule has 28 heavy (non-hydrogen) atoms. The SMILES string of the molecule is CSCC[C@@H](C(=O)NCCCOCC(F)(F)F)N1C(=O)c2ccccc2C1=O. The Morgan fingerprint density at radius 1 is 1.21 bits per heavy atom. The van der Waals surface area contributed by atoms with Crippen LogP contribution in [-0.4, -0.2) is 66.6 Å². The number of ether oxygens (including phenoxy) is 1. The fourth-order valence-corrected chi connectivity index (χ4v) is 3.25. The van der Waals surface area contributed by atoms with E-state index in [4.69, 9.17) is 0 Å². The quantitative estimate of drug-likeness (QED) is 0.467. The van der Waals surface area contributed by atoms with E-state index in [9.17, 15) is 27.6 Å². The van der Waals surface area contributed by atoms with Gasteiger partial charge in [-0.2, -0.15) is 24.9 Å². The number of halogens is 3. The highest BCUT2D eigenvalue weighted by Gasteiger charge is 2.42. The van der Waals surface area contributed by atoms with Crippen LogP contribution < -0.4 is 5.32 Å². The molecular formula is C18H21F3N2O4S. The van der Waals surface area contributed by atoms with Crippen molar-refractivity contribution in [3.8, 4) is 0 Å². The molecule has 2 rings (SSSR count). The Morgan fingerprint density at radius 3 is 2.36 bits per heavy atom. The van der Waals surface area contributed by atoms with Gasteiger partial charge in [0.2, 0.25) is 5.91 Å². The van der Waals surface area contributed by atoms with Crippen molar-refractivity contribution in [1.29, 1.82) is 0 Å². The standard InChI is InChI=1S/C18H21F3N2O4S/c1-28-10-7-14(15(24)22-8-4-9-27-11-18(19,20)21)23-16(25)12-5-2-3-6-13(12)17(23)26/h2-3,5-6,14H,4,7-11H2,1H3,(H,22,24)/t14-/m0/s1. The van der Waals surface area contributed by atoms with E-state index in [0.717, 1.165) is 4.90 Å². The Kier molecular flexibility index (Phi) is 7.88. The van der Waals surface area contributed by atoms with E-state index in [0.29, 0.717) is 5.75 Å². The normalized spacial score (nSPS) is 14.9. The van der Waals surface area contributed by atoms with Gasteiger partial charge >= 0.3 is 6.18 Å². The van der Waals surface area contributed by atoms with Crippen molar-refractivity contribution in [2.75, 3.05) is 31.8 Å². The van der Waals surface area contributed by atoms with Gasteiger partial charge in [-0.15, -0.1) is 0 Å². The summed E-state index contributed by atoms with van der Waals surface area (Å²) in [5, 5.41) is 2.58. The lowest BCUT2D eigenvalue weighted by Gasteiger charge is -2.25. The first kappa shape index (κ1) is 22.2. The van der Waals surface area contributed by atoms with Crippen molar-refractivity contribution in [3.63, 3.8) is 0 Å². The molecular weight excluding hydrogens is 397 g/mol. The lowest BCUT2D eigenvalue weighted by Crippen LogP contribution is -2.50. The van der Waals surface area contributed by atoms with Crippen molar-refractivity contribution in [2.24, 2.45) is 0 Å². The van der Waals surface area contributed by atoms with E-state index in [-0.39, 0.29) is 37.1 Å². The van der Waals surface area contributed by atoms with Gasteiger partial charge in [0, 0.05) is 13.2 Å². The van der Waals surface area contributed by atoms with Crippen LogP contribution in [0, 0.1) is 0 Å². The van der Waals surface area contributed by atoms with Crippen LogP contribution in [0.1, 0.15) is 33.6 Å². The van der Waals surface area contributed by atoms with E-state index >= 15 is 0 Å². The largest absolute Gasteiger partial charge is 0.411 e. The number of thioether (sulfide) groups is 1. The van der Waals surface area contributed by atoms with Gasteiger partial charge in [-0.05, 0) is 37.0 Å². The lowest BCUT2D eigenvalue weighted by molar-refractivity contribution is -0.174. The number of hydrogen-bond donors (Lipinski definition) is 1. The second-order valence-corrected chi connectivity index (χ2v) is 7.12. The zero-order valence-corrected chi connectivity index (χ0v) is 16.1. The zero-order valence-electron chi connectivity index (χ0n) is 15.3. The molecule has 0 saturated heterocycles. The number of carbonyl (C=O) groups excluding carboxylic acids is 3. The molecule has 1 aliphatic rings. The molecule has 0 aromatic heterocycles. The molecule has 1 heterocycles. The Balaban J connectivity index is 1.95. The molecule has 3 amide bonds. The predicted molar refractivity (Wildman–Crippen MR) is 98.2 cm³/mol. The fourth-order valence-electron chi connectivity index (χ4n) is 2.79. The molecule has 1 aromatic carbocycles. The molecule has 1 aliphatic heterocycles. The molecule has 1 atom stereocenters. The van der Waals surface area contributed by atoms with E-state index < -0.39 is 36.5 Å². The smallest absolute Gasteiger partial charge is 0.372 e. The second kappa shape index (κ2) is 9.92. The summed E-state index contributed by atoms with van der Waals surface area (Å²) in [4.78, 5) is 38.8. The predicted octanol–water partition coefficient (Wildman–Crippen LogP) is 2.49. The first-order chi connectivity index (χ1) is 13.3. The fraction of sp³-hybridized carbons (Fsp3) is 0.500. The van der Waals surface area contributed by atoms with Gasteiger partial charge in [-0.3, -0.25) is 19.3 Å². The van der Waals surface area contributed by atoms with Crippen molar-refractivity contribution in [2.45, 2.75) is 25.1 Å². The van der Waals surface area contributed by atoms with E-state index in [1.165, 1.54) is 23.9 Å². The van der Waals surface area contributed by atoms with Crippen LogP contribution >= 0.6 is 11.8 Å². The monoisotopic (exact) mass is 418 g/mol. The van der Waals surface area contributed by atoms with Crippen LogP contribution in [0.25, 0.3) is 0 Å². The number of imide groups is 1. The van der Waals surface area contributed by atoms with Crippen LogP contribution in [-0.2, 0) is 9.53 Å². The van der Waals surface area contributed by atoms with E-state index in [1.807, 2.05) is 6.26 Å². The van der Waals surface area contributed by atoms with Crippen LogP contribution in [0.5, 0.6) is 0 Å². The number of rotatable bonds is 10. The first-order valence-corrected chi connectivity index (χ1v) is 10.0. The van der Waals surface area contributed by atoms with Gasteiger partial charge in [0.25, 0.3) is 11.8 Å². The Morgan fingerprint density at radius 2 is 1.82 bits per heavy atom. The minimum Gasteiger partial charge on any atom is -0.372 e. The average Bonchev–Trinajstić information content (AvgIpc) is 2.89. The highest BCUT2D eigenvalue weighted by atomic mass is 32.2. The maximum absolute atomic E-state index is 12.6. The van der Waals surface area contributed by atoms with Crippen LogP contribution in [0.4, 0.5) is 13.2 Å². The van der Waals surface area contributed by atoms with Crippen molar-refractivity contribution in [1.82, 2.24) is 10.2 Å². The molecule has 0 unspecified atom stereocenters. The van der Waals surface area contributed by atoms with Gasteiger partial charge in [0.05, 0.1) is 11.1 Å². The molecule has 0 fully saturated rings. The Labute approximate surface area is 164 Å². The number of nitrogens with zero attached hydrogens (tertiary/aromatic N) is 1. The van der Waals surface area contributed by atoms with Crippen LogP contribution in [0.3, 0.4) is 0 Å². The van der Waals surface area contributed by atoms with E-state index in [2.05, 4.69) is 10.1 Å². The maximum atomic E-state index is 12.6. The van der Waals surface area contributed by atoms with Gasteiger partial charge < -0.3 is 10.1 Å². The first-order valence-electron chi connectivity index (χ1n) is 8.64. The van der Waals surface area contributed by atoms with Gasteiger partial charge in [-0.1, -0.05) is 12.1 Å². The van der Waals surface area contributed by atoms with Crippen molar-refractivity contribution >= 4 is 29.5 Å². The molecule has 0 bridgehead atoms. The highest BCUT2D eigenvalue weighted by Crippen LogP contribution is 2.26. The maximum Gasteiger partial charge on any atom is 0.411 e. The minimum absolute atomic E-state index is 0.0790. The summed E-state index contributed by atoms with van der Waals surface area (Å²) in [5.41, 5.74) is 0.519. The lowest BCUT2D eigenvalue weighted by atomic mass is 10.1. The van der Waals surface area contributed by atoms with Crippen molar-refractivity contribution in [3.05, 3.63) is 35.4 Å². The molecule has 1 aromatic rings. The molecule has 6 nitrogen and oxygen atoms in total. The summed E-state index contributed by atoms with van der Waals surface area (Å²) in [7, 11) is 0. The van der Waals surface area contributed by atoms with Crippen LogP contribution in [0.2, 0.25) is 0 Å². The minimum atomic E-state index is -4.39. The van der Waals surface area contributed by atoms with Gasteiger partial charge in [-0.25, -0.2) is 0 Å². The van der Waals surface area contributed by atoms with Crippen LogP contribution in [0.15, 0.2) is 24.3 Å². The number of nitrogens with one attached hydrogen (secondary N) is 1. The molecule has 0 saturated carbocycles. The van der Waals surface area contributed by atoms with Crippen molar-refractivity contribution < 1.29 is 32.3 Å². The Hall–Kier alpha value is -2.07. The Bertz CT molecular complexity index is 692. The third-order valence-corrected chi connectivity index (χ3v) is 4.71. The number of fused-ring (bicyclic) bond motifs is 1. The third-order valence-electron chi connectivity index (χ3n) is 4.07. The molecule has 1 N–H and O–H groups in total. The number of benzene rings is 1. The number of carbonyl (C=O) groups is 3. The topological polar surface area (TPSA) is 75.7 Å². The molecule has 0 aliphatic carbocycles. The summed E-state index contributed by atoms with van der Waals surface area (Å²) in [5.74, 6) is -0.995. The number of alkyl halides is 3. The zero-order chi connectivity index (χ0) is 20.7. The summed E-state index contributed by atoms with van der Waals surface area (Å²) in [6, 6.07) is 5.39. The highest BCUT2D eigenvalue weighted by molar-refractivity contribution is 7.98. The number of hydrogen-bond acceptors (Lipinski definition) is 5. The third kappa shape index (κ3) is 5.71. The molecule has 10 heteroatoms. The summed E-state index contributed by atoms with van der Waals surface area (Å²) < 4.78 is 40.5. The summed E-state index contributed by atoms with van der Waals surface area (Å²) in [6.45, 7) is -1.43. The summed E-state index contributed by atoms with van der Waals surface area (Å²) in [6.07, 6.45) is -2.09. The van der Waals surface area contributed by atoms with Gasteiger partial charge in [0.15, 0.2) is 0 Å². The average molecular weight is 418 g/mol. The van der Waals surface area contributed by atoms with Gasteiger partial charge in [0.1, 0.15) is 12.6 Å². The molecule has 0 spiro atoms. The second-order valence-electron chi connectivity index (χ2n) is 6.14. The van der Waals surface area contributed by atoms with E-state index in [1.54, 1.807) is 12.1 Å².